The number of carbonyl (C=O) groups is 1. The van der Waals surface area contributed by atoms with Crippen molar-refractivity contribution in [2.45, 2.75) is 20.3 Å². The van der Waals surface area contributed by atoms with Crippen molar-refractivity contribution in [1.29, 1.82) is 0 Å². The summed E-state index contributed by atoms with van der Waals surface area (Å²) in [4.78, 5) is 19.1. The maximum atomic E-state index is 12.4. The monoisotopic (exact) mass is 337 g/mol. The highest BCUT2D eigenvalue weighted by Crippen LogP contribution is 2.30. The zero-order valence-electron chi connectivity index (χ0n) is 13.8. The van der Waals surface area contributed by atoms with Crippen LogP contribution in [0.15, 0.2) is 36.4 Å². The van der Waals surface area contributed by atoms with Crippen molar-refractivity contribution in [3.05, 3.63) is 53.1 Å². The number of anilines is 2. The molecule has 0 atom stereocenters. The number of benzene rings is 2. The molecule has 4 rings (SSSR count). The van der Waals surface area contributed by atoms with E-state index in [2.05, 4.69) is 53.3 Å². The summed E-state index contributed by atoms with van der Waals surface area (Å²) in [5.74, 6) is -0.0138. The fraction of sp³-hybridized carbons (Fsp3) is 0.263. The Morgan fingerprint density at radius 1 is 1.29 bits per heavy atom. The van der Waals surface area contributed by atoms with Crippen LogP contribution in [0.2, 0.25) is 0 Å². The van der Waals surface area contributed by atoms with Gasteiger partial charge in [-0.05, 0) is 49.1 Å². The van der Waals surface area contributed by atoms with E-state index in [1.54, 1.807) is 0 Å². The Kier molecular flexibility index (Phi) is 3.73. The first-order valence-electron chi connectivity index (χ1n) is 8.10. The Labute approximate surface area is 145 Å². The molecule has 122 valence electrons. The molecule has 1 aliphatic rings. The van der Waals surface area contributed by atoms with Gasteiger partial charge in [0, 0.05) is 12.2 Å². The summed E-state index contributed by atoms with van der Waals surface area (Å²) in [6.45, 7) is 5.40. The van der Waals surface area contributed by atoms with Gasteiger partial charge in [0.1, 0.15) is 0 Å². The summed E-state index contributed by atoms with van der Waals surface area (Å²) in [6, 6.07) is 12.5. The Morgan fingerprint density at radius 3 is 3.00 bits per heavy atom. The molecule has 0 unspecified atom stereocenters. The maximum absolute atomic E-state index is 12.4. The lowest BCUT2D eigenvalue weighted by Crippen LogP contribution is -2.31. The normalized spacial score (nSPS) is 13.3. The van der Waals surface area contributed by atoms with Crippen molar-refractivity contribution < 1.29 is 4.79 Å². The lowest BCUT2D eigenvalue weighted by Gasteiger charge is -2.18. The molecule has 0 fully saturated rings. The molecule has 1 amide bonds. The smallest absolute Gasteiger partial charge is 0.245 e. The van der Waals surface area contributed by atoms with Crippen molar-refractivity contribution in [3.8, 4) is 0 Å². The fourth-order valence-electron chi connectivity index (χ4n) is 3.33. The van der Waals surface area contributed by atoms with Crippen LogP contribution in [0.5, 0.6) is 0 Å². The van der Waals surface area contributed by atoms with Gasteiger partial charge >= 0.3 is 0 Å². The van der Waals surface area contributed by atoms with Crippen molar-refractivity contribution in [1.82, 2.24) is 4.98 Å². The number of rotatable bonds is 3. The molecule has 5 heteroatoms. The van der Waals surface area contributed by atoms with Crippen molar-refractivity contribution in [2.24, 2.45) is 0 Å². The zero-order chi connectivity index (χ0) is 16.7. The molecule has 0 radical (unpaired) electrons. The van der Waals surface area contributed by atoms with Crippen LogP contribution in [0.25, 0.3) is 10.2 Å². The molecule has 24 heavy (non-hydrogen) atoms. The van der Waals surface area contributed by atoms with Gasteiger partial charge in [-0.3, -0.25) is 4.79 Å². The van der Waals surface area contributed by atoms with E-state index in [9.17, 15) is 4.79 Å². The number of nitrogens with one attached hydrogen (secondary N) is 1. The number of carbonyl (C=O) groups excluding carboxylic acids is 1. The van der Waals surface area contributed by atoms with Gasteiger partial charge in [0.05, 0.1) is 16.8 Å². The van der Waals surface area contributed by atoms with Crippen LogP contribution in [0.1, 0.15) is 16.7 Å². The third-order valence-corrected chi connectivity index (χ3v) is 5.31. The summed E-state index contributed by atoms with van der Waals surface area (Å²) in [5.41, 5.74) is 5.83. The Bertz CT molecular complexity index is 932. The molecule has 0 saturated carbocycles. The number of aryl methyl sites for hydroxylation is 2. The predicted molar refractivity (Wildman–Crippen MR) is 100 cm³/mol. The summed E-state index contributed by atoms with van der Waals surface area (Å²) in [5, 5.41) is 3.64. The minimum Gasteiger partial charge on any atom is -0.362 e. The van der Waals surface area contributed by atoms with Crippen LogP contribution >= 0.6 is 11.3 Å². The molecule has 0 aliphatic carbocycles. The van der Waals surface area contributed by atoms with Crippen LogP contribution in [0.4, 0.5) is 10.8 Å². The molecule has 2 heterocycles. The summed E-state index contributed by atoms with van der Waals surface area (Å²) in [6.07, 6.45) is 1.00. The molecule has 2 aromatic carbocycles. The average Bonchev–Trinajstić information content (AvgIpc) is 3.12. The minimum absolute atomic E-state index is 0.0138. The fourth-order valence-corrected chi connectivity index (χ4v) is 4.39. The minimum atomic E-state index is -0.0138. The molecule has 3 aromatic rings. The highest BCUT2D eigenvalue weighted by molar-refractivity contribution is 7.22. The van der Waals surface area contributed by atoms with Crippen LogP contribution in [0, 0.1) is 13.8 Å². The quantitative estimate of drug-likeness (QED) is 0.788. The SMILES string of the molecule is Cc1cc(C)c2nc(NC(=O)CN3CCc4ccccc43)sc2c1. The third kappa shape index (κ3) is 2.76. The van der Waals surface area contributed by atoms with E-state index < -0.39 is 0 Å². The topological polar surface area (TPSA) is 45.2 Å². The number of aromatic nitrogens is 1. The van der Waals surface area contributed by atoms with Crippen LogP contribution in [-0.4, -0.2) is 24.0 Å². The van der Waals surface area contributed by atoms with Crippen molar-refractivity contribution in [2.75, 3.05) is 23.3 Å². The predicted octanol–water partition coefficient (Wildman–Crippen LogP) is 3.91. The molecule has 0 bridgehead atoms. The summed E-state index contributed by atoms with van der Waals surface area (Å²) in [7, 11) is 0. The molecule has 1 N–H and O–H groups in total. The molecule has 0 saturated heterocycles. The van der Waals surface area contributed by atoms with Gasteiger partial charge in [-0.25, -0.2) is 4.98 Å². The van der Waals surface area contributed by atoms with Crippen LogP contribution in [0.3, 0.4) is 0 Å². The number of fused-ring (bicyclic) bond motifs is 2. The van der Waals surface area contributed by atoms with Gasteiger partial charge in [0.2, 0.25) is 5.91 Å². The van der Waals surface area contributed by atoms with Crippen LogP contribution in [-0.2, 0) is 11.2 Å². The number of thiazole rings is 1. The number of amides is 1. The maximum Gasteiger partial charge on any atom is 0.245 e. The lowest BCUT2D eigenvalue weighted by atomic mass is 10.1. The van der Waals surface area contributed by atoms with E-state index in [1.165, 1.54) is 28.2 Å². The van der Waals surface area contributed by atoms with E-state index in [0.29, 0.717) is 11.7 Å². The number of para-hydroxylation sites is 1. The largest absolute Gasteiger partial charge is 0.362 e. The second kappa shape index (κ2) is 5.91. The van der Waals surface area contributed by atoms with Gasteiger partial charge in [-0.1, -0.05) is 35.6 Å². The summed E-state index contributed by atoms with van der Waals surface area (Å²) >= 11 is 1.54. The summed E-state index contributed by atoms with van der Waals surface area (Å²) < 4.78 is 1.12. The van der Waals surface area contributed by atoms with E-state index in [0.717, 1.165) is 28.7 Å². The van der Waals surface area contributed by atoms with Crippen LogP contribution < -0.4 is 10.2 Å². The van der Waals surface area contributed by atoms with Crippen molar-refractivity contribution >= 4 is 38.3 Å². The molecule has 0 spiro atoms. The number of hydrogen-bond acceptors (Lipinski definition) is 4. The second-order valence-electron chi connectivity index (χ2n) is 6.30. The number of nitrogens with zero attached hydrogens (tertiary/aromatic N) is 2. The second-order valence-corrected chi connectivity index (χ2v) is 7.33. The first kappa shape index (κ1) is 15.1. The first-order valence-corrected chi connectivity index (χ1v) is 8.92. The lowest BCUT2D eigenvalue weighted by molar-refractivity contribution is -0.115. The molecule has 1 aromatic heterocycles. The van der Waals surface area contributed by atoms with E-state index in [-0.39, 0.29) is 5.91 Å². The molecule has 1 aliphatic heterocycles. The number of hydrogen-bond donors (Lipinski definition) is 1. The standard InChI is InChI=1S/C19H19N3OS/c1-12-9-13(2)18-16(10-12)24-19(21-18)20-17(23)11-22-8-7-14-5-3-4-6-15(14)22/h3-6,9-10H,7-8,11H2,1-2H3,(H,20,21,23). The first-order chi connectivity index (χ1) is 11.6. The molecule has 4 nitrogen and oxygen atoms in total. The van der Waals surface area contributed by atoms with E-state index in [4.69, 9.17) is 0 Å². The van der Waals surface area contributed by atoms with Gasteiger partial charge < -0.3 is 10.2 Å². The Morgan fingerprint density at radius 2 is 2.12 bits per heavy atom. The zero-order valence-corrected chi connectivity index (χ0v) is 14.6. The van der Waals surface area contributed by atoms with Gasteiger partial charge in [-0.2, -0.15) is 0 Å². The molecular formula is C19H19N3OS. The third-order valence-electron chi connectivity index (χ3n) is 4.39. The van der Waals surface area contributed by atoms with Crippen molar-refractivity contribution in [3.63, 3.8) is 0 Å². The highest BCUT2D eigenvalue weighted by Gasteiger charge is 2.21. The van der Waals surface area contributed by atoms with Gasteiger partial charge in [-0.15, -0.1) is 0 Å². The Balaban J connectivity index is 1.50. The Hall–Kier alpha value is -2.40. The highest BCUT2D eigenvalue weighted by atomic mass is 32.1. The van der Waals surface area contributed by atoms with Gasteiger partial charge in [0.15, 0.2) is 5.13 Å². The average molecular weight is 337 g/mol. The van der Waals surface area contributed by atoms with Gasteiger partial charge in [0.25, 0.3) is 0 Å². The van der Waals surface area contributed by atoms with E-state index >= 15 is 0 Å². The molecular weight excluding hydrogens is 318 g/mol. The van der Waals surface area contributed by atoms with E-state index in [1.807, 2.05) is 12.1 Å².